The van der Waals surface area contributed by atoms with E-state index in [4.69, 9.17) is 9.47 Å². The molecule has 0 bridgehead atoms. The summed E-state index contributed by atoms with van der Waals surface area (Å²) in [5, 5.41) is 12.6. The molecule has 0 aliphatic rings. The Bertz CT molecular complexity index is 418. The maximum atomic E-state index is 12.3. The predicted octanol–water partition coefficient (Wildman–Crippen LogP) is 1.78. The van der Waals surface area contributed by atoms with E-state index in [1.54, 1.807) is 12.1 Å². The van der Waals surface area contributed by atoms with Crippen LogP contribution in [0.25, 0.3) is 0 Å². The molecule has 1 aromatic rings. The van der Waals surface area contributed by atoms with Crippen molar-refractivity contribution >= 4 is 0 Å². The van der Waals surface area contributed by atoms with Gasteiger partial charge in [-0.3, -0.25) is 0 Å². The number of ether oxygens (including phenoxy) is 3. The van der Waals surface area contributed by atoms with E-state index in [0.29, 0.717) is 19.5 Å². The average Bonchev–Trinajstić information content (AvgIpc) is 2.43. The molecule has 2 N–H and O–H groups in total. The van der Waals surface area contributed by atoms with Crippen LogP contribution in [0.1, 0.15) is 12.0 Å². The predicted molar refractivity (Wildman–Crippen MR) is 73.8 cm³/mol. The summed E-state index contributed by atoms with van der Waals surface area (Å²) in [5.74, 6) is 0.265. The van der Waals surface area contributed by atoms with Crippen molar-refractivity contribution in [3.63, 3.8) is 0 Å². The second-order valence-electron chi connectivity index (χ2n) is 4.44. The smallest absolute Gasteiger partial charge is 0.387 e. The Balaban J connectivity index is 2.48. The van der Waals surface area contributed by atoms with Gasteiger partial charge in [-0.15, -0.1) is 0 Å². The number of hydrogen-bond acceptors (Lipinski definition) is 5. The molecule has 0 fully saturated rings. The highest BCUT2D eigenvalue weighted by atomic mass is 19.3. The van der Waals surface area contributed by atoms with Crippen LogP contribution in [0.3, 0.4) is 0 Å². The Labute approximate surface area is 122 Å². The Morgan fingerprint density at radius 2 is 2.00 bits per heavy atom. The van der Waals surface area contributed by atoms with Gasteiger partial charge in [0, 0.05) is 13.7 Å². The average molecular weight is 305 g/mol. The van der Waals surface area contributed by atoms with Gasteiger partial charge in [-0.25, -0.2) is 0 Å². The number of alkyl halides is 2. The first-order valence-electron chi connectivity index (χ1n) is 6.56. The molecule has 0 aliphatic heterocycles. The van der Waals surface area contributed by atoms with Crippen LogP contribution >= 0.6 is 0 Å². The molecule has 1 aromatic carbocycles. The lowest BCUT2D eigenvalue weighted by Gasteiger charge is -2.13. The van der Waals surface area contributed by atoms with E-state index < -0.39 is 12.7 Å². The Kier molecular flexibility index (Phi) is 7.96. The van der Waals surface area contributed by atoms with E-state index >= 15 is 0 Å². The van der Waals surface area contributed by atoms with Crippen LogP contribution < -0.4 is 14.8 Å². The monoisotopic (exact) mass is 305 g/mol. The number of benzene rings is 1. The van der Waals surface area contributed by atoms with Crippen molar-refractivity contribution in [3.05, 3.63) is 23.8 Å². The van der Waals surface area contributed by atoms with Crippen molar-refractivity contribution in [2.24, 2.45) is 0 Å². The van der Waals surface area contributed by atoms with Gasteiger partial charge in [0.05, 0.1) is 19.8 Å². The fourth-order valence-electron chi connectivity index (χ4n) is 1.80. The summed E-state index contributed by atoms with van der Waals surface area (Å²) < 4.78 is 38.8. The lowest BCUT2D eigenvalue weighted by molar-refractivity contribution is -0.0512. The van der Waals surface area contributed by atoms with E-state index in [1.807, 2.05) is 0 Å². The Morgan fingerprint density at radius 3 is 2.62 bits per heavy atom. The first kappa shape index (κ1) is 17.6. The highest BCUT2D eigenvalue weighted by Gasteiger charge is 2.11. The van der Waals surface area contributed by atoms with Crippen LogP contribution in [0, 0.1) is 0 Å². The third-order valence-corrected chi connectivity index (χ3v) is 2.79. The number of aliphatic hydroxyl groups is 1. The van der Waals surface area contributed by atoms with Crippen molar-refractivity contribution in [1.29, 1.82) is 0 Å². The molecule has 0 spiro atoms. The van der Waals surface area contributed by atoms with Crippen LogP contribution in [0.2, 0.25) is 0 Å². The van der Waals surface area contributed by atoms with Gasteiger partial charge in [-0.1, -0.05) is 6.07 Å². The molecule has 120 valence electrons. The van der Waals surface area contributed by atoms with Gasteiger partial charge in [-0.05, 0) is 30.7 Å². The summed E-state index contributed by atoms with van der Waals surface area (Å²) in [6.07, 6.45) is 0.0285. The molecule has 7 heteroatoms. The van der Waals surface area contributed by atoms with Crippen molar-refractivity contribution in [1.82, 2.24) is 5.32 Å². The summed E-state index contributed by atoms with van der Waals surface area (Å²) >= 11 is 0. The molecule has 1 atom stereocenters. The van der Waals surface area contributed by atoms with Crippen molar-refractivity contribution < 1.29 is 28.1 Å². The number of rotatable bonds is 10. The molecule has 1 rings (SSSR count). The van der Waals surface area contributed by atoms with Crippen LogP contribution in [0.4, 0.5) is 8.78 Å². The van der Waals surface area contributed by atoms with Gasteiger partial charge in [-0.2, -0.15) is 8.78 Å². The molecule has 5 nitrogen and oxygen atoms in total. The maximum Gasteiger partial charge on any atom is 0.387 e. The van der Waals surface area contributed by atoms with Crippen LogP contribution in [0.5, 0.6) is 11.5 Å². The number of halogens is 2. The lowest BCUT2D eigenvalue weighted by Crippen LogP contribution is -2.23. The third-order valence-electron chi connectivity index (χ3n) is 2.79. The van der Waals surface area contributed by atoms with E-state index in [-0.39, 0.29) is 18.1 Å². The molecule has 21 heavy (non-hydrogen) atoms. The number of hydrogen-bond donors (Lipinski definition) is 2. The summed E-state index contributed by atoms with van der Waals surface area (Å²) in [5.41, 5.74) is 0.785. The minimum atomic E-state index is -2.90. The van der Waals surface area contributed by atoms with E-state index in [1.165, 1.54) is 20.3 Å². The molecule has 0 amide bonds. The minimum absolute atomic E-state index is 0.00576. The van der Waals surface area contributed by atoms with Crippen LogP contribution in [-0.4, -0.2) is 45.2 Å². The van der Waals surface area contributed by atoms with E-state index in [0.717, 1.165) is 5.56 Å². The Hall–Kier alpha value is -1.44. The van der Waals surface area contributed by atoms with Crippen LogP contribution in [-0.2, 0) is 11.3 Å². The van der Waals surface area contributed by atoms with Crippen molar-refractivity contribution in [2.45, 2.75) is 25.7 Å². The number of nitrogens with one attached hydrogen (secondary N) is 1. The minimum Gasteiger partial charge on any atom is -0.493 e. The van der Waals surface area contributed by atoms with Gasteiger partial charge in [0.2, 0.25) is 0 Å². The van der Waals surface area contributed by atoms with Gasteiger partial charge >= 0.3 is 6.61 Å². The second kappa shape index (κ2) is 9.49. The normalized spacial score (nSPS) is 12.5. The van der Waals surface area contributed by atoms with Crippen molar-refractivity contribution in [2.75, 3.05) is 27.4 Å². The quantitative estimate of drug-likeness (QED) is 0.645. The molecular formula is C14H21F2NO4. The fraction of sp³-hybridized carbons (Fsp3) is 0.571. The van der Waals surface area contributed by atoms with Gasteiger partial charge < -0.3 is 24.6 Å². The zero-order chi connectivity index (χ0) is 15.7. The summed E-state index contributed by atoms with van der Waals surface area (Å²) in [7, 11) is 2.92. The standard InChI is InChI=1S/C14H21F2NO4/c1-19-9-11(18)5-6-17-8-10-3-4-12(20-2)13(7-10)21-14(15)16/h3-4,7,11,14,17-18H,5-6,8-9H2,1-2H3. The number of aliphatic hydroxyl groups excluding tert-OH is 1. The van der Waals surface area contributed by atoms with E-state index in [2.05, 4.69) is 10.1 Å². The Morgan fingerprint density at radius 1 is 1.24 bits per heavy atom. The number of methoxy groups -OCH3 is 2. The third kappa shape index (κ3) is 6.70. The summed E-state index contributed by atoms with van der Waals surface area (Å²) in [6, 6.07) is 4.84. The van der Waals surface area contributed by atoms with Crippen molar-refractivity contribution in [3.8, 4) is 11.5 Å². The first-order chi connectivity index (χ1) is 10.1. The highest BCUT2D eigenvalue weighted by molar-refractivity contribution is 5.42. The second-order valence-corrected chi connectivity index (χ2v) is 4.44. The largest absolute Gasteiger partial charge is 0.493 e. The molecule has 0 aromatic heterocycles. The zero-order valence-electron chi connectivity index (χ0n) is 12.1. The van der Waals surface area contributed by atoms with Gasteiger partial charge in [0.1, 0.15) is 0 Å². The molecule has 0 saturated heterocycles. The fourth-order valence-corrected chi connectivity index (χ4v) is 1.80. The topological polar surface area (TPSA) is 60.0 Å². The SMILES string of the molecule is COCC(O)CCNCc1ccc(OC)c(OC(F)F)c1. The molecule has 0 radical (unpaired) electrons. The highest BCUT2D eigenvalue weighted by Crippen LogP contribution is 2.29. The van der Waals surface area contributed by atoms with E-state index in [9.17, 15) is 13.9 Å². The first-order valence-corrected chi connectivity index (χ1v) is 6.56. The van der Waals surface area contributed by atoms with Crippen LogP contribution in [0.15, 0.2) is 18.2 Å². The molecule has 0 heterocycles. The molecule has 1 unspecified atom stereocenters. The lowest BCUT2D eigenvalue weighted by atomic mass is 10.2. The van der Waals surface area contributed by atoms with Gasteiger partial charge in [0.15, 0.2) is 11.5 Å². The molecule has 0 saturated carbocycles. The van der Waals surface area contributed by atoms with Gasteiger partial charge in [0.25, 0.3) is 0 Å². The summed E-state index contributed by atoms with van der Waals surface area (Å²) in [6.45, 7) is -1.55. The zero-order valence-corrected chi connectivity index (χ0v) is 12.1. The maximum absolute atomic E-state index is 12.3. The molecular weight excluding hydrogens is 284 g/mol. The summed E-state index contributed by atoms with van der Waals surface area (Å²) in [4.78, 5) is 0. The molecule has 0 aliphatic carbocycles.